The van der Waals surface area contributed by atoms with E-state index in [0.29, 0.717) is 43.9 Å². The molecule has 0 radical (unpaired) electrons. The second-order valence-corrected chi connectivity index (χ2v) is 7.20. The first-order valence-corrected chi connectivity index (χ1v) is 9.66. The second-order valence-electron chi connectivity index (χ2n) is 7.20. The molecule has 0 bridgehead atoms. The summed E-state index contributed by atoms with van der Waals surface area (Å²) in [5.41, 5.74) is 3.32. The molecule has 6 nitrogen and oxygen atoms in total. The zero-order valence-corrected chi connectivity index (χ0v) is 15.7. The minimum Gasteiger partial charge on any atom is -0.342 e. The monoisotopic (exact) mass is 377 g/mol. The van der Waals surface area contributed by atoms with E-state index in [0.717, 1.165) is 24.9 Å². The number of rotatable bonds is 3. The summed E-state index contributed by atoms with van der Waals surface area (Å²) in [4.78, 5) is 41.7. The molecule has 28 heavy (non-hydrogen) atoms. The molecule has 3 amide bonds. The van der Waals surface area contributed by atoms with E-state index in [2.05, 4.69) is 6.07 Å². The number of amides is 3. The van der Waals surface area contributed by atoms with Crippen molar-refractivity contribution in [2.24, 2.45) is 0 Å². The largest absolute Gasteiger partial charge is 0.342 e. The Kier molecular flexibility index (Phi) is 5.10. The molecule has 2 heterocycles. The molecule has 1 saturated heterocycles. The number of fused-ring (bicyclic) bond motifs is 1. The lowest BCUT2D eigenvalue weighted by atomic mass is 10.0. The van der Waals surface area contributed by atoms with Gasteiger partial charge in [-0.1, -0.05) is 18.2 Å². The van der Waals surface area contributed by atoms with E-state index < -0.39 is 0 Å². The molecule has 2 aromatic carbocycles. The van der Waals surface area contributed by atoms with Crippen LogP contribution in [0.25, 0.3) is 0 Å². The number of hydrogen-bond donors (Lipinski definition) is 0. The molecule has 0 spiro atoms. The van der Waals surface area contributed by atoms with Crippen molar-refractivity contribution in [3.63, 3.8) is 0 Å². The molecule has 0 aliphatic carbocycles. The lowest BCUT2D eigenvalue weighted by molar-refractivity contribution is -0.119. The van der Waals surface area contributed by atoms with Gasteiger partial charge in [0.1, 0.15) is 0 Å². The Labute approximate surface area is 164 Å². The summed E-state index contributed by atoms with van der Waals surface area (Å²) in [6, 6.07) is 14.9. The number of benzene rings is 2. The molecule has 2 aliphatic rings. The maximum atomic E-state index is 13.0. The van der Waals surface area contributed by atoms with Crippen molar-refractivity contribution in [2.75, 3.05) is 37.6 Å². The lowest BCUT2D eigenvalue weighted by Crippen LogP contribution is -2.48. The van der Waals surface area contributed by atoms with Gasteiger partial charge in [-0.25, -0.2) is 0 Å². The fourth-order valence-electron chi connectivity index (χ4n) is 3.87. The van der Waals surface area contributed by atoms with Gasteiger partial charge in [-0.15, -0.1) is 0 Å². The van der Waals surface area contributed by atoms with E-state index in [-0.39, 0.29) is 11.8 Å². The normalized spacial score (nSPS) is 16.5. The van der Waals surface area contributed by atoms with E-state index in [1.54, 1.807) is 34.1 Å². The van der Waals surface area contributed by atoms with Crippen LogP contribution >= 0.6 is 0 Å². The molecule has 0 saturated carbocycles. The summed E-state index contributed by atoms with van der Waals surface area (Å²) in [5.74, 6) is -0.0985. The molecule has 0 N–H and O–H groups in total. The van der Waals surface area contributed by atoms with E-state index in [1.807, 2.05) is 23.1 Å². The zero-order chi connectivity index (χ0) is 19.5. The minimum absolute atomic E-state index is 0.0363. The quantitative estimate of drug-likeness (QED) is 0.771. The minimum atomic E-state index is -0.0622. The van der Waals surface area contributed by atoms with Crippen molar-refractivity contribution in [1.82, 2.24) is 9.80 Å². The van der Waals surface area contributed by atoms with Crippen molar-refractivity contribution in [3.8, 4) is 0 Å². The highest BCUT2D eigenvalue weighted by atomic mass is 16.2. The third-order valence-corrected chi connectivity index (χ3v) is 5.48. The summed E-state index contributed by atoms with van der Waals surface area (Å²) in [5, 5.41) is 0. The van der Waals surface area contributed by atoms with Crippen LogP contribution in [0.4, 0.5) is 5.69 Å². The molecule has 2 aromatic rings. The smallest absolute Gasteiger partial charge is 0.258 e. The SMILES string of the molecule is O=CN1CCN(C(=O)c2ccc(C(=O)N3CCCc4ccccc43)cc2)CC1. The highest BCUT2D eigenvalue weighted by molar-refractivity contribution is 6.07. The third-order valence-electron chi connectivity index (χ3n) is 5.48. The van der Waals surface area contributed by atoms with Gasteiger partial charge in [0.2, 0.25) is 6.41 Å². The fourth-order valence-corrected chi connectivity index (χ4v) is 3.87. The van der Waals surface area contributed by atoms with Gasteiger partial charge >= 0.3 is 0 Å². The van der Waals surface area contributed by atoms with Crippen LogP contribution < -0.4 is 4.90 Å². The van der Waals surface area contributed by atoms with E-state index in [9.17, 15) is 14.4 Å². The third kappa shape index (κ3) is 3.50. The van der Waals surface area contributed by atoms with Gasteiger partial charge in [0, 0.05) is 49.5 Å². The van der Waals surface area contributed by atoms with Crippen molar-refractivity contribution in [2.45, 2.75) is 12.8 Å². The van der Waals surface area contributed by atoms with Crippen LogP contribution in [0, 0.1) is 0 Å². The van der Waals surface area contributed by atoms with E-state index in [4.69, 9.17) is 0 Å². The number of hydrogen-bond acceptors (Lipinski definition) is 3. The Morgan fingerprint density at radius 2 is 1.43 bits per heavy atom. The topological polar surface area (TPSA) is 60.9 Å². The standard InChI is InChI=1S/C22H23N3O3/c26-16-23-12-14-24(15-13-23)21(27)18-7-9-19(10-8-18)22(28)25-11-3-5-17-4-1-2-6-20(17)25/h1-2,4,6-10,16H,3,5,11-15H2. The summed E-state index contributed by atoms with van der Waals surface area (Å²) in [7, 11) is 0. The van der Waals surface area contributed by atoms with Crippen molar-refractivity contribution < 1.29 is 14.4 Å². The van der Waals surface area contributed by atoms with Crippen molar-refractivity contribution >= 4 is 23.9 Å². The highest BCUT2D eigenvalue weighted by Crippen LogP contribution is 2.28. The number of anilines is 1. The van der Waals surface area contributed by atoms with Crippen LogP contribution in [0.5, 0.6) is 0 Å². The Morgan fingerprint density at radius 1 is 0.786 bits per heavy atom. The predicted molar refractivity (Wildman–Crippen MR) is 106 cm³/mol. The van der Waals surface area contributed by atoms with Crippen molar-refractivity contribution in [3.05, 3.63) is 65.2 Å². The first kappa shape index (κ1) is 18.2. The van der Waals surface area contributed by atoms with Gasteiger partial charge in [0.05, 0.1) is 0 Å². The number of carbonyl (C=O) groups excluding carboxylic acids is 3. The lowest BCUT2D eigenvalue weighted by Gasteiger charge is -2.32. The Hall–Kier alpha value is -3.15. The van der Waals surface area contributed by atoms with Crippen LogP contribution in [0.2, 0.25) is 0 Å². The summed E-state index contributed by atoms with van der Waals surface area (Å²) in [6.07, 6.45) is 2.76. The van der Waals surface area contributed by atoms with Gasteiger partial charge in [0.25, 0.3) is 11.8 Å². The molecular formula is C22H23N3O3. The van der Waals surface area contributed by atoms with Crippen molar-refractivity contribution in [1.29, 1.82) is 0 Å². The highest BCUT2D eigenvalue weighted by Gasteiger charge is 2.24. The molecular weight excluding hydrogens is 354 g/mol. The summed E-state index contributed by atoms with van der Waals surface area (Å²) in [6.45, 7) is 2.88. The van der Waals surface area contributed by atoms with E-state index in [1.165, 1.54) is 5.56 Å². The zero-order valence-electron chi connectivity index (χ0n) is 15.7. The van der Waals surface area contributed by atoms with Gasteiger partial charge in [-0.2, -0.15) is 0 Å². The van der Waals surface area contributed by atoms with Crippen LogP contribution in [-0.4, -0.2) is 60.7 Å². The number of carbonyl (C=O) groups is 3. The predicted octanol–water partition coefficient (Wildman–Crippen LogP) is 2.19. The maximum Gasteiger partial charge on any atom is 0.258 e. The summed E-state index contributed by atoms with van der Waals surface area (Å²) >= 11 is 0. The molecule has 1 fully saturated rings. The molecule has 0 aromatic heterocycles. The Balaban J connectivity index is 1.47. The number of nitrogens with zero attached hydrogens (tertiary/aromatic N) is 3. The number of aryl methyl sites for hydroxylation is 1. The van der Waals surface area contributed by atoms with E-state index >= 15 is 0 Å². The molecule has 0 atom stereocenters. The van der Waals surface area contributed by atoms with Crippen LogP contribution in [0.3, 0.4) is 0 Å². The molecule has 4 rings (SSSR count). The molecule has 2 aliphatic heterocycles. The average molecular weight is 377 g/mol. The number of piperazine rings is 1. The first-order valence-electron chi connectivity index (χ1n) is 9.66. The average Bonchev–Trinajstić information content (AvgIpc) is 2.78. The second kappa shape index (κ2) is 7.84. The summed E-state index contributed by atoms with van der Waals surface area (Å²) < 4.78 is 0. The molecule has 144 valence electrons. The number of para-hydroxylation sites is 1. The van der Waals surface area contributed by atoms with Gasteiger partial charge in [-0.05, 0) is 48.7 Å². The fraction of sp³-hybridized carbons (Fsp3) is 0.318. The Bertz CT molecular complexity index is 886. The van der Waals surface area contributed by atoms with Gasteiger partial charge in [0.15, 0.2) is 0 Å². The Morgan fingerprint density at radius 3 is 2.11 bits per heavy atom. The van der Waals surface area contributed by atoms with Crippen LogP contribution in [0.15, 0.2) is 48.5 Å². The maximum absolute atomic E-state index is 13.0. The molecule has 0 unspecified atom stereocenters. The van der Waals surface area contributed by atoms with Gasteiger partial charge < -0.3 is 14.7 Å². The van der Waals surface area contributed by atoms with Gasteiger partial charge in [-0.3, -0.25) is 14.4 Å². The molecule has 6 heteroatoms. The first-order chi connectivity index (χ1) is 13.7. The van der Waals surface area contributed by atoms with Crippen LogP contribution in [-0.2, 0) is 11.2 Å². The van der Waals surface area contributed by atoms with Crippen LogP contribution in [0.1, 0.15) is 32.7 Å².